The highest BCUT2D eigenvalue weighted by molar-refractivity contribution is 14.0. The Morgan fingerprint density at radius 2 is 2.11 bits per heavy atom. The minimum atomic E-state index is -0.246. The van der Waals surface area contributed by atoms with Crippen LogP contribution in [0.2, 0.25) is 0 Å². The summed E-state index contributed by atoms with van der Waals surface area (Å²) >= 11 is 0. The van der Waals surface area contributed by atoms with Crippen LogP contribution in [0.4, 0.5) is 0 Å². The second-order valence-electron chi connectivity index (χ2n) is 7.63. The first-order chi connectivity index (χ1) is 12.3. The van der Waals surface area contributed by atoms with Crippen LogP contribution in [0.15, 0.2) is 35.6 Å². The molecule has 1 saturated heterocycles. The van der Waals surface area contributed by atoms with Gasteiger partial charge in [0.2, 0.25) is 5.91 Å². The number of hydrogen-bond acceptors (Lipinski definition) is 3. The molecule has 7 nitrogen and oxygen atoms in total. The van der Waals surface area contributed by atoms with Crippen LogP contribution in [0, 0.1) is 0 Å². The summed E-state index contributed by atoms with van der Waals surface area (Å²) in [5.41, 5.74) is 1.61. The smallest absolute Gasteiger partial charge is 0.242 e. The quantitative estimate of drug-likeness (QED) is 0.413. The fourth-order valence-electron chi connectivity index (χ4n) is 3.89. The lowest BCUT2D eigenvalue weighted by Crippen LogP contribution is -2.66. The number of nitrogens with zero attached hydrogens (tertiary/aromatic N) is 5. The predicted molar refractivity (Wildman–Crippen MR) is 118 cm³/mol. The Morgan fingerprint density at radius 3 is 2.70 bits per heavy atom. The third-order valence-electron chi connectivity index (χ3n) is 4.69. The van der Waals surface area contributed by atoms with Gasteiger partial charge in [0.1, 0.15) is 5.65 Å². The Bertz CT molecular complexity index is 795. The van der Waals surface area contributed by atoms with Crippen LogP contribution < -0.4 is 5.32 Å². The topological polar surface area (TPSA) is 65.2 Å². The Labute approximate surface area is 177 Å². The number of halogens is 1. The number of imidazole rings is 1. The number of guanidine groups is 1. The van der Waals surface area contributed by atoms with E-state index in [9.17, 15) is 4.79 Å². The highest BCUT2D eigenvalue weighted by Gasteiger charge is 2.40. The van der Waals surface area contributed by atoms with E-state index in [0.717, 1.165) is 23.8 Å². The summed E-state index contributed by atoms with van der Waals surface area (Å²) in [7, 11) is 1.75. The van der Waals surface area contributed by atoms with E-state index in [0.29, 0.717) is 13.1 Å². The van der Waals surface area contributed by atoms with Crippen LogP contribution in [0.25, 0.3) is 5.65 Å². The van der Waals surface area contributed by atoms with Gasteiger partial charge in [-0.05, 0) is 39.8 Å². The third kappa shape index (κ3) is 4.53. The minimum absolute atomic E-state index is 0. The number of hydrogen-bond donors (Lipinski definition) is 1. The average molecular weight is 484 g/mol. The van der Waals surface area contributed by atoms with Gasteiger partial charge in [-0.3, -0.25) is 9.79 Å². The lowest BCUT2D eigenvalue weighted by Gasteiger charge is -2.49. The molecule has 3 rings (SSSR count). The molecule has 0 aromatic carbocycles. The second kappa shape index (κ2) is 8.45. The third-order valence-corrected chi connectivity index (χ3v) is 4.69. The number of piperazine rings is 1. The first-order valence-electron chi connectivity index (χ1n) is 9.02. The van der Waals surface area contributed by atoms with Gasteiger partial charge in [0.05, 0.1) is 24.3 Å². The summed E-state index contributed by atoms with van der Waals surface area (Å²) in [6.07, 6.45) is 3.98. The highest BCUT2D eigenvalue weighted by atomic mass is 127. The van der Waals surface area contributed by atoms with Gasteiger partial charge in [0.15, 0.2) is 5.96 Å². The normalized spacial score (nSPS) is 17.4. The van der Waals surface area contributed by atoms with Gasteiger partial charge in [-0.1, -0.05) is 6.07 Å². The van der Waals surface area contributed by atoms with Gasteiger partial charge < -0.3 is 19.5 Å². The van der Waals surface area contributed by atoms with Crippen molar-refractivity contribution in [3.8, 4) is 0 Å². The van der Waals surface area contributed by atoms with E-state index in [-0.39, 0.29) is 41.5 Å². The first kappa shape index (κ1) is 21.5. The molecule has 0 spiro atoms. The largest absolute Gasteiger partial charge is 0.351 e. The molecule has 8 heteroatoms. The molecule has 0 atom stereocenters. The van der Waals surface area contributed by atoms with Gasteiger partial charge >= 0.3 is 0 Å². The number of carbonyl (C=O) groups excluding carboxylic acids is 1. The molecule has 0 unspecified atom stereocenters. The molecular formula is C19H29IN6O. The van der Waals surface area contributed by atoms with Crippen LogP contribution in [0.5, 0.6) is 0 Å². The molecule has 1 aliphatic rings. The second-order valence-corrected chi connectivity index (χ2v) is 7.63. The van der Waals surface area contributed by atoms with Gasteiger partial charge in [-0.25, -0.2) is 4.98 Å². The number of nitrogens with one attached hydrogen (secondary N) is 1. The number of carbonyl (C=O) groups is 1. The standard InChI is InChI=1S/C19H28N6O.HI/c1-14(2)25-17(26)12-24(13-19(25,3)4)18(20-5)21-10-15-11-23-9-7-6-8-16(23)22-15;/h6-9,11,14H,10,12-13H2,1-5H3,(H,20,21);1H. The van der Waals surface area contributed by atoms with E-state index in [2.05, 4.69) is 43.0 Å². The van der Waals surface area contributed by atoms with Crippen molar-refractivity contribution in [2.75, 3.05) is 20.1 Å². The zero-order chi connectivity index (χ0) is 18.9. The Kier molecular flexibility index (Phi) is 6.72. The molecule has 2 aromatic rings. The predicted octanol–water partition coefficient (Wildman–Crippen LogP) is 2.36. The lowest BCUT2D eigenvalue weighted by atomic mass is 9.96. The molecule has 27 heavy (non-hydrogen) atoms. The molecule has 1 aliphatic heterocycles. The zero-order valence-corrected chi connectivity index (χ0v) is 19.0. The number of rotatable bonds is 3. The Morgan fingerprint density at radius 1 is 1.37 bits per heavy atom. The van der Waals surface area contributed by atoms with Crippen LogP contribution >= 0.6 is 24.0 Å². The maximum atomic E-state index is 12.7. The molecule has 2 aromatic heterocycles. The van der Waals surface area contributed by atoms with Crippen molar-refractivity contribution >= 4 is 41.5 Å². The van der Waals surface area contributed by atoms with Crippen LogP contribution in [0.1, 0.15) is 33.4 Å². The molecule has 0 bridgehead atoms. The van der Waals surface area contributed by atoms with Crippen molar-refractivity contribution in [1.82, 2.24) is 24.5 Å². The fourth-order valence-corrected chi connectivity index (χ4v) is 3.89. The van der Waals surface area contributed by atoms with Gasteiger partial charge in [-0.2, -0.15) is 0 Å². The summed E-state index contributed by atoms with van der Waals surface area (Å²) in [5.74, 6) is 0.860. The summed E-state index contributed by atoms with van der Waals surface area (Å²) < 4.78 is 1.99. The van der Waals surface area contributed by atoms with E-state index in [1.807, 2.05) is 44.8 Å². The van der Waals surface area contributed by atoms with Crippen LogP contribution in [-0.4, -0.2) is 62.8 Å². The molecule has 0 radical (unpaired) electrons. The molecule has 1 N–H and O–H groups in total. The van der Waals surface area contributed by atoms with Crippen molar-refractivity contribution in [2.24, 2.45) is 4.99 Å². The highest BCUT2D eigenvalue weighted by Crippen LogP contribution is 2.24. The number of fused-ring (bicyclic) bond motifs is 1. The molecule has 3 heterocycles. The molecule has 0 saturated carbocycles. The van der Waals surface area contributed by atoms with Crippen molar-refractivity contribution in [3.63, 3.8) is 0 Å². The monoisotopic (exact) mass is 484 g/mol. The molecular weight excluding hydrogens is 455 g/mol. The number of amides is 1. The minimum Gasteiger partial charge on any atom is -0.351 e. The van der Waals surface area contributed by atoms with E-state index in [4.69, 9.17) is 0 Å². The SMILES string of the molecule is CN=C(NCc1cn2ccccc2n1)N1CC(=O)N(C(C)C)C(C)(C)C1.I. The summed E-state index contributed by atoms with van der Waals surface area (Å²) in [6, 6.07) is 6.12. The van der Waals surface area contributed by atoms with E-state index in [1.165, 1.54) is 0 Å². The average Bonchev–Trinajstić information content (AvgIpc) is 2.96. The van der Waals surface area contributed by atoms with Gasteiger partial charge in [-0.15, -0.1) is 24.0 Å². The van der Waals surface area contributed by atoms with Crippen molar-refractivity contribution in [2.45, 2.75) is 45.8 Å². The number of aromatic nitrogens is 2. The van der Waals surface area contributed by atoms with Gasteiger partial charge in [0.25, 0.3) is 0 Å². The Hall–Kier alpha value is -1.84. The maximum Gasteiger partial charge on any atom is 0.242 e. The summed E-state index contributed by atoms with van der Waals surface area (Å²) in [4.78, 5) is 25.6. The Balaban J connectivity index is 0.00000261. The van der Waals surface area contributed by atoms with Crippen molar-refractivity contribution in [3.05, 3.63) is 36.3 Å². The fraction of sp³-hybridized carbons (Fsp3) is 0.526. The maximum absolute atomic E-state index is 12.7. The number of aliphatic imine (C=N–C) groups is 1. The van der Waals surface area contributed by atoms with E-state index in [1.54, 1.807) is 7.05 Å². The van der Waals surface area contributed by atoms with Gasteiger partial charge in [0, 0.05) is 32.0 Å². The molecule has 1 amide bonds. The number of pyridine rings is 1. The summed E-state index contributed by atoms with van der Waals surface area (Å²) in [6.45, 7) is 9.97. The first-order valence-corrected chi connectivity index (χ1v) is 9.02. The van der Waals surface area contributed by atoms with Crippen molar-refractivity contribution in [1.29, 1.82) is 0 Å². The molecule has 0 aliphatic carbocycles. The van der Waals surface area contributed by atoms with Crippen LogP contribution in [-0.2, 0) is 11.3 Å². The zero-order valence-electron chi connectivity index (χ0n) is 16.6. The summed E-state index contributed by atoms with van der Waals surface area (Å²) in [5, 5.41) is 3.35. The van der Waals surface area contributed by atoms with E-state index >= 15 is 0 Å². The van der Waals surface area contributed by atoms with E-state index < -0.39 is 0 Å². The van der Waals surface area contributed by atoms with Crippen molar-refractivity contribution < 1.29 is 4.79 Å². The molecule has 148 valence electrons. The lowest BCUT2D eigenvalue weighted by molar-refractivity contribution is -0.145. The van der Waals surface area contributed by atoms with Crippen LogP contribution in [0.3, 0.4) is 0 Å². The molecule has 1 fully saturated rings.